The Morgan fingerprint density at radius 3 is 1.64 bits per heavy atom. The van der Waals surface area contributed by atoms with Crippen molar-refractivity contribution < 1.29 is 13.2 Å². The molecule has 0 N–H and O–H groups in total. The number of hydrogen-bond donors (Lipinski definition) is 0. The topological polar surface area (TPSA) is 0 Å². The Hall–Kier alpha value is -2.55. The van der Waals surface area contributed by atoms with Gasteiger partial charge in [-0.15, -0.1) is 0 Å². The molecule has 0 aromatic heterocycles. The second-order valence-electron chi connectivity index (χ2n) is 8.11. The Kier molecular flexibility index (Phi) is 14.7. The molecule has 0 radical (unpaired) electrons. The van der Waals surface area contributed by atoms with E-state index >= 15 is 0 Å². The highest BCUT2D eigenvalue weighted by Crippen LogP contribution is 2.28. The van der Waals surface area contributed by atoms with Crippen molar-refractivity contribution in [3.05, 3.63) is 107 Å². The first-order valence-electron chi connectivity index (χ1n) is 12.2. The Bertz CT molecular complexity index is 880. The standard InChI is InChI=1S/3C8H9F.C6H12/c1-2-7-3-5-8(9)6-4-7;1-2-7-4-3-5-8(9)6-7;1-2-7-5-3-4-6-8(7)9;1-2-6-4-3-5-6/h3*3-6H,2H2,1H3;6H,2-5H2,1H3. The summed E-state index contributed by atoms with van der Waals surface area (Å²) in [6.45, 7) is 8.28. The van der Waals surface area contributed by atoms with Crippen molar-refractivity contribution in [1.29, 1.82) is 0 Å². The van der Waals surface area contributed by atoms with Crippen molar-refractivity contribution in [3.63, 3.8) is 0 Å². The fourth-order valence-corrected chi connectivity index (χ4v) is 3.16. The van der Waals surface area contributed by atoms with Crippen LogP contribution >= 0.6 is 0 Å². The molecule has 0 atom stereocenters. The maximum absolute atomic E-state index is 12.6. The largest absolute Gasteiger partial charge is 0.207 e. The van der Waals surface area contributed by atoms with Gasteiger partial charge in [0, 0.05) is 0 Å². The van der Waals surface area contributed by atoms with Crippen LogP contribution in [0.25, 0.3) is 0 Å². The Morgan fingerprint density at radius 1 is 0.636 bits per heavy atom. The number of hydrogen-bond acceptors (Lipinski definition) is 0. The summed E-state index contributed by atoms with van der Waals surface area (Å²) in [5, 5.41) is 0. The molecule has 0 heterocycles. The second kappa shape index (κ2) is 17.0. The van der Waals surface area contributed by atoms with Crippen LogP contribution in [-0.2, 0) is 19.3 Å². The summed E-state index contributed by atoms with van der Waals surface area (Å²) in [5.74, 6) is 0.714. The maximum atomic E-state index is 12.6. The smallest absolute Gasteiger partial charge is 0.126 e. The quantitative estimate of drug-likeness (QED) is 0.367. The van der Waals surface area contributed by atoms with E-state index in [1.54, 1.807) is 36.4 Å². The number of rotatable bonds is 4. The third-order valence-corrected chi connectivity index (χ3v) is 5.76. The van der Waals surface area contributed by atoms with E-state index in [1.807, 2.05) is 32.9 Å². The first kappa shape index (κ1) is 28.5. The van der Waals surface area contributed by atoms with E-state index in [4.69, 9.17) is 0 Å². The molecule has 3 aromatic rings. The highest BCUT2D eigenvalue weighted by atomic mass is 19.1. The monoisotopic (exact) mass is 456 g/mol. The van der Waals surface area contributed by atoms with Crippen LogP contribution in [-0.4, -0.2) is 0 Å². The molecule has 33 heavy (non-hydrogen) atoms. The number of halogens is 3. The molecule has 0 saturated heterocycles. The minimum Gasteiger partial charge on any atom is -0.207 e. The van der Waals surface area contributed by atoms with Crippen molar-refractivity contribution in [2.75, 3.05) is 0 Å². The van der Waals surface area contributed by atoms with Gasteiger partial charge in [-0.05, 0) is 72.2 Å². The zero-order valence-corrected chi connectivity index (χ0v) is 20.6. The van der Waals surface area contributed by atoms with E-state index in [9.17, 15) is 13.2 Å². The van der Waals surface area contributed by atoms with Gasteiger partial charge in [0.25, 0.3) is 0 Å². The van der Waals surface area contributed by atoms with E-state index < -0.39 is 0 Å². The van der Waals surface area contributed by atoms with Crippen molar-refractivity contribution in [3.8, 4) is 0 Å². The molecule has 1 aliphatic rings. The van der Waals surface area contributed by atoms with Gasteiger partial charge in [-0.2, -0.15) is 0 Å². The Labute approximate surface area is 198 Å². The lowest BCUT2D eigenvalue weighted by Crippen LogP contribution is -2.08. The van der Waals surface area contributed by atoms with Crippen LogP contribution in [0.15, 0.2) is 72.8 Å². The molecular weight excluding hydrogens is 417 g/mol. The van der Waals surface area contributed by atoms with Gasteiger partial charge in [0.2, 0.25) is 0 Å². The predicted octanol–water partition coefficient (Wildman–Crippen LogP) is 9.36. The predicted molar refractivity (Wildman–Crippen MR) is 135 cm³/mol. The highest BCUT2D eigenvalue weighted by Gasteiger charge is 2.13. The van der Waals surface area contributed by atoms with Crippen LogP contribution in [0.3, 0.4) is 0 Å². The van der Waals surface area contributed by atoms with Gasteiger partial charge >= 0.3 is 0 Å². The summed E-state index contributed by atoms with van der Waals surface area (Å²) < 4.78 is 37.2. The van der Waals surface area contributed by atoms with Crippen LogP contribution in [0.5, 0.6) is 0 Å². The molecule has 0 unspecified atom stereocenters. The van der Waals surface area contributed by atoms with Gasteiger partial charge in [0.1, 0.15) is 17.5 Å². The molecular formula is C30H39F3. The normalized spacial score (nSPS) is 12.1. The lowest BCUT2D eigenvalue weighted by molar-refractivity contribution is 0.307. The van der Waals surface area contributed by atoms with Gasteiger partial charge in [-0.3, -0.25) is 0 Å². The fourth-order valence-electron chi connectivity index (χ4n) is 3.16. The summed E-state index contributed by atoms with van der Waals surface area (Å²) in [6.07, 6.45) is 8.58. The van der Waals surface area contributed by atoms with Crippen LogP contribution in [0.4, 0.5) is 13.2 Å². The zero-order valence-electron chi connectivity index (χ0n) is 20.6. The summed E-state index contributed by atoms with van der Waals surface area (Å²) in [6, 6.07) is 20.1. The fraction of sp³-hybridized carbons (Fsp3) is 0.400. The van der Waals surface area contributed by atoms with Crippen molar-refractivity contribution in [2.24, 2.45) is 5.92 Å². The maximum Gasteiger partial charge on any atom is 0.126 e. The summed E-state index contributed by atoms with van der Waals surface area (Å²) >= 11 is 0. The number of aryl methyl sites for hydroxylation is 3. The van der Waals surface area contributed by atoms with Crippen molar-refractivity contribution in [1.82, 2.24) is 0 Å². The zero-order chi connectivity index (χ0) is 24.5. The molecule has 4 rings (SSSR count). The van der Waals surface area contributed by atoms with E-state index in [1.165, 1.54) is 55.5 Å². The molecule has 0 bridgehead atoms. The molecule has 1 aliphatic carbocycles. The van der Waals surface area contributed by atoms with Gasteiger partial charge in [-0.25, -0.2) is 13.2 Å². The van der Waals surface area contributed by atoms with E-state index in [2.05, 4.69) is 6.92 Å². The minimum atomic E-state index is -0.160. The summed E-state index contributed by atoms with van der Waals surface area (Å²) in [7, 11) is 0. The third kappa shape index (κ3) is 12.3. The molecule has 180 valence electrons. The van der Waals surface area contributed by atoms with Gasteiger partial charge in [-0.1, -0.05) is 95.8 Å². The average Bonchev–Trinajstić information content (AvgIpc) is 2.80. The summed E-state index contributed by atoms with van der Waals surface area (Å²) in [5.41, 5.74) is 3.02. The van der Waals surface area contributed by atoms with Crippen LogP contribution in [0, 0.1) is 23.4 Å². The van der Waals surface area contributed by atoms with Gasteiger partial charge < -0.3 is 0 Å². The van der Waals surface area contributed by atoms with Crippen molar-refractivity contribution >= 4 is 0 Å². The lowest BCUT2D eigenvalue weighted by atomic mass is 9.84. The molecule has 0 amide bonds. The second-order valence-corrected chi connectivity index (χ2v) is 8.11. The van der Waals surface area contributed by atoms with Crippen LogP contribution in [0.2, 0.25) is 0 Å². The molecule has 0 aliphatic heterocycles. The third-order valence-electron chi connectivity index (χ3n) is 5.76. The lowest BCUT2D eigenvalue weighted by Gasteiger charge is -2.22. The summed E-state index contributed by atoms with van der Waals surface area (Å²) in [4.78, 5) is 0. The molecule has 1 fully saturated rings. The van der Waals surface area contributed by atoms with Crippen LogP contribution in [0.1, 0.15) is 70.1 Å². The highest BCUT2D eigenvalue weighted by molar-refractivity contribution is 5.17. The molecule has 1 saturated carbocycles. The first-order valence-corrected chi connectivity index (χ1v) is 12.2. The molecule has 0 spiro atoms. The van der Waals surface area contributed by atoms with Gasteiger partial charge in [0.05, 0.1) is 0 Å². The van der Waals surface area contributed by atoms with Crippen molar-refractivity contribution in [2.45, 2.75) is 72.6 Å². The van der Waals surface area contributed by atoms with E-state index in [0.29, 0.717) is 0 Å². The van der Waals surface area contributed by atoms with Crippen LogP contribution < -0.4 is 0 Å². The Balaban J connectivity index is 0.000000222. The minimum absolute atomic E-state index is 0.0972. The molecule has 3 heteroatoms. The Morgan fingerprint density at radius 2 is 1.27 bits per heavy atom. The number of benzene rings is 3. The average molecular weight is 457 g/mol. The molecule has 3 aromatic carbocycles. The van der Waals surface area contributed by atoms with E-state index in [0.717, 1.165) is 36.3 Å². The van der Waals surface area contributed by atoms with Gasteiger partial charge in [0.15, 0.2) is 0 Å². The first-order chi connectivity index (χ1) is 15.9. The van der Waals surface area contributed by atoms with E-state index in [-0.39, 0.29) is 17.5 Å². The molecule has 0 nitrogen and oxygen atoms in total. The SMILES string of the molecule is CCC1CCC1.CCc1ccc(F)cc1.CCc1cccc(F)c1.CCc1ccccc1F.